The number of aliphatic carboxylic acids is 1. The molecule has 0 spiro atoms. The van der Waals surface area contributed by atoms with Gasteiger partial charge in [0.1, 0.15) is 11.5 Å². The van der Waals surface area contributed by atoms with Crippen LogP contribution in [0.3, 0.4) is 0 Å². The van der Waals surface area contributed by atoms with Gasteiger partial charge in [-0.1, -0.05) is 43.3 Å². The van der Waals surface area contributed by atoms with Gasteiger partial charge in [0.25, 0.3) is 5.91 Å². The van der Waals surface area contributed by atoms with E-state index in [9.17, 15) is 9.59 Å². The summed E-state index contributed by atoms with van der Waals surface area (Å²) in [6, 6.07) is 14.9. The van der Waals surface area contributed by atoms with Crippen LogP contribution in [-0.2, 0) is 17.8 Å². The van der Waals surface area contributed by atoms with Crippen molar-refractivity contribution in [3.8, 4) is 11.5 Å². The molecular formula is C25H25NO5. The summed E-state index contributed by atoms with van der Waals surface area (Å²) in [5, 5.41) is 10.8. The number of anilines is 1. The second kappa shape index (κ2) is 8.68. The van der Waals surface area contributed by atoms with Crippen molar-refractivity contribution in [1.82, 2.24) is 0 Å². The number of fused-ring (bicyclic) bond motifs is 2. The van der Waals surface area contributed by atoms with Gasteiger partial charge < -0.3 is 19.5 Å². The number of nitrogens with zero attached hydrogens (tertiary/aromatic N) is 1. The summed E-state index contributed by atoms with van der Waals surface area (Å²) in [7, 11) is 0. The molecule has 0 radical (unpaired) electrons. The van der Waals surface area contributed by atoms with Crippen LogP contribution in [0.25, 0.3) is 10.8 Å². The molecule has 4 rings (SSSR count). The second-order valence-corrected chi connectivity index (χ2v) is 7.47. The summed E-state index contributed by atoms with van der Waals surface area (Å²) < 4.78 is 12.1. The van der Waals surface area contributed by atoms with Crippen molar-refractivity contribution in [1.29, 1.82) is 0 Å². The fourth-order valence-corrected chi connectivity index (χ4v) is 4.01. The second-order valence-electron chi connectivity index (χ2n) is 7.47. The van der Waals surface area contributed by atoms with E-state index in [1.54, 1.807) is 29.2 Å². The van der Waals surface area contributed by atoms with Crippen LogP contribution in [-0.4, -0.2) is 30.2 Å². The van der Waals surface area contributed by atoms with Gasteiger partial charge in [0.05, 0.1) is 31.7 Å². The first-order valence-electron chi connectivity index (χ1n) is 10.5. The number of benzene rings is 3. The van der Waals surface area contributed by atoms with E-state index in [0.717, 1.165) is 28.5 Å². The number of rotatable bonds is 8. The molecule has 1 aliphatic heterocycles. The third-order valence-corrected chi connectivity index (χ3v) is 5.34. The Morgan fingerprint density at radius 3 is 2.29 bits per heavy atom. The maximum atomic E-state index is 13.5. The first-order valence-corrected chi connectivity index (χ1v) is 10.5. The quantitative estimate of drug-likeness (QED) is 0.567. The van der Waals surface area contributed by atoms with Gasteiger partial charge in [-0.25, -0.2) is 0 Å². The molecule has 0 atom stereocenters. The Bertz CT molecular complexity index is 1140. The smallest absolute Gasteiger partial charge is 0.307 e. The van der Waals surface area contributed by atoms with E-state index >= 15 is 0 Å². The number of ether oxygens (including phenoxy) is 2. The maximum absolute atomic E-state index is 13.5. The zero-order valence-corrected chi connectivity index (χ0v) is 17.7. The van der Waals surface area contributed by atoms with E-state index in [1.807, 2.05) is 38.1 Å². The summed E-state index contributed by atoms with van der Waals surface area (Å²) in [5.41, 5.74) is 2.77. The fourth-order valence-electron chi connectivity index (χ4n) is 4.01. The van der Waals surface area contributed by atoms with Crippen LogP contribution in [0, 0.1) is 0 Å². The van der Waals surface area contributed by atoms with Crippen LogP contribution in [0.4, 0.5) is 5.69 Å². The lowest BCUT2D eigenvalue weighted by atomic mass is 9.99. The van der Waals surface area contributed by atoms with Crippen molar-refractivity contribution in [2.75, 3.05) is 18.1 Å². The maximum Gasteiger partial charge on any atom is 0.307 e. The molecule has 3 aromatic carbocycles. The zero-order valence-electron chi connectivity index (χ0n) is 17.7. The minimum Gasteiger partial charge on any atom is -0.493 e. The number of hydrogen-bond acceptors (Lipinski definition) is 4. The molecule has 3 aromatic rings. The number of hydrogen-bond donors (Lipinski definition) is 1. The molecule has 1 amide bonds. The van der Waals surface area contributed by atoms with E-state index in [-0.39, 0.29) is 12.3 Å². The van der Waals surface area contributed by atoms with Crippen LogP contribution < -0.4 is 14.4 Å². The number of carbonyl (C=O) groups excluding carboxylic acids is 1. The van der Waals surface area contributed by atoms with E-state index in [4.69, 9.17) is 14.6 Å². The third kappa shape index (κ3) is 3.81. The molecule has 6 nitrogen and oxygen atoms in total. The highest BCUT2D eigenvalue weighted by atomic mass is 16.5. The molecule has 1 heterocycles. The van der Waals surface area contributed by atoms with E-state index in [1.165, 1.54) is 0 Å². The largest absolute Gasteiger partial charge is 0.493 e. The summed E-state index contributed by atoms with van der Waals surface area (Å²) in [6.45, 7) is 5.34. The Morgan fingerprint density at radius 2 is 1.68 bits per heavy atom. The third-order valence-electron chi connectivity index (χ3n) is 5.34. The van der Waals surface area contributed by atoms with Crippen molar-refractivity contribution in [3.63, 3.8) is 0 Å². The lowest BCUT2D eigenvalue weighted by Crippen LogP contribution is -2.23. The number of carbonyl (C=O) groups is 2. The highest BCUT2D eigenvalue weighted by Gasteiger charge is 2.36. The van der Waals surface area contributed by atoms with Crippen LogP contribution in [0.5, 0.6) is 11.5 Å². The van der Waals surface area contributed by atoms with E-state index in [0.29, 0.717) is 42.3 Å². The minimum atomic E-state index is -0.886. The van der Waals surface area contributed by atoms with Gasteiger partial charge >= 0.3 is 5.97 Å². The summed E-state index contributed by atoms with van der Waals surface area (Å²) in [4.78, 5) is 26.2. The molecule has 0 saturated carbocycles. The summed E-state index contributed by atoms with van der Waals surface area (Å²) >= 11 is 0. The first kappa shape index (κ1) is 20.7. The fraction of sp³-hybridized carbons (Fsp3) is 0.280. The molecule has 6 heteroatoms. The molecule has 31 heavy (non-hydrogen) atoms. The Kier molecular flexibility index (Phi) is 5.80. The first-order chi connectivity index (χ1) is 15.0. The normalized spacial score (nSPS) is 12.8. The van der Waals surface area contributed by atoms with E-state index in [2.05, 4.69) is 0 Å². The van der Waals surface area contributed by atoms with Crippen LogP contribution in [0.2, 0.25) is 0 Å². The molecule has 0 unspecified atom stereocenters. The van der Waals surface area contributed by atoms with Crippen LogP contribution in [0.1, 0.15) is 41.8 Å². The van der Waals surface area contributed by atoms with Gasteiger partial charge in [0.15, 0.2) is 0 Å². The van der Waals surface area contributed by atoms with Gasteiger partial charge in [-0.2, -0.15) is 0 Å². The van der Waals surface area contributed by atoms with Gasteiger partial charge in [0, 0.05) is 22.0 Å². The summed E-state index contributed by atoms with van der Waals surface area (Å²) in [5.74, 6) is 0.295. The molecule has 0 aliphatic carbocycles. The topological polar surface area (TPSA) is 76.1 Å². The van der Waals surface area contributed by atoms with Crippen molar-refractivity contribution in [2.45, 2.75) is 33.2 Å². The molecule has 0 bridgehead atoms. The molecular weight excluding hydrogens is 394 g/mol. The van der Waals surface area contributed by atoms with Crippen LogP contribution in [0.15, 0.2) is 48.5 Å². The van der Waals surface area contributed by atoms with Gasteiger partial charge in [-0.3, -0.25) is 9.59 Å². The number of carboxylic acids is 1. The van der Waals surface area contributed by atoms with Crippen molar-refractivity contribution >= 4 is 28.3 Å². The van der Waals surface area contributed by atoms with Crippen molar-refractivity contribution in [3.05, 3.63) is 65.2 Å². The van der Waals surface area contributed by atoms with Crippen LogP contribution >= 0.6 is 0 Å². The van der Waals surface area contributed by atoms with Crippen molar-refractivity contribution < 1.29 is 24.2 Å². The Hall–Kier alpha value is -3.54. The standard InChI is InChI=1S/C25H25NO5/c1-3-13-31-24-19-8-6-5-7-18(19)23(30-4-2)20-15-26(25(29)22(20)24)17-11-9-16(10-12-17)14-21(27)28/h5-12H,3-4,13-15H2,1-2H3,(H,27,28). The zero-order chi connectivity index (χ0) is 22.0. The highest BCUT2D eigenvalue weighted by Crippen LogP contribution is 2.46. The Balaban J connectivity index is 1.82. The molecule has 0 saturated heterocycles. The molecule has 1 N–H and O–H groups in total. The van der Waals surface area contributed by atoms with Gasteiger partial charge in [-0.15, -0.1) is 0 Å². The summed E-state index contributed by atoms with van der Waals surface area (Å²) in [6.07, 6.45) is 0.780. The SMILES string of the molecule is CCCOc1c2c(c(OCC)c3ccccc13)CN(c1ccc(CC(=O)O)cc1)C2=O. The molecule has 160 valence electrons. The average Bonchev–Trinajstić information content (AvgIpc) is 3.10. The minimum absolute atomic E-state index is 0.0522. The van der Waals surface area contributed by atoms with Gasteiger partial charge in [-0.05, 0) is 31.0 Å². The monoisotopic (exact) mass is 419 g/mol. The highest BCUT2D eigenvalue weighted by molar-refractivity contribution is 6.16. The molecule has 1 aliphatic rings. The average molecular weight is 419 g/mol. The Labute approximate surface area is 181 Å². The number of carboxylic acid groups (broad SMARTS) is 1. The predicted molar refractivity (Wildman–Crippen MR) is 119 cm³/mol. The number of amides is 1. The predicted octanol–water partition coefficient (Wildman–Crippen LogP) is 4.81. The van der Waals surface area contributed by atoms with Crippen molar-refractivity contribution in [2.24, 2.45) is 0 Å². The molecule has 0 aromatic heterocycles. The van der Waals surface area contributed by atoms with E-state index < -0.39 is 5.97 Å². The molecule has 0 fully saturated rings. The lowest BCUT2D eigenvalue weighted by molar-refractivity contribution is -0.136. The Morgan fingerprint density at radius 1 is 1.00 bits per heavy atom. The van der Waals surface area contributed by atoms with Gasteiger partial charge in [0.2, 0.25) is 0 Å². The lowest BCUT2D eigenvalue weighted by Gasteiger charge is -2.17.